The molecule has 0 aliphatic carbocycles. The van der Waals surface area contributed by atoms with Gasteiger partial charge in [0, 0.05) is 32.9 Å². The first-order valence-corrected chi connectivity index (χ1v) is 11.2. The van der Waals surface area contributed by atoms with Crippen LogP contribution < -0.4 is 10.6 Å². The molecule has 0 fully saturated rings. The molecule has 3 rings (SSSR count). The van der Waals surface area contributed by atoms with Crippen molar-refractivity contribution < 1.29 is 19.5 Å². The Hall–Kier alpha value is -3.36. The Morgan fingerprint density at radius 3 is 2.25 bits per heavy atom. The second-order valence-corrected chi connectivity index (χ2v) is 8.69. The van der Waals surface area contributed by atoms with Crippen molar-refractivity contribution in [2.75, 3.05) is 10.6 Å². The summed E-state index contributed by atoms with van der Waals surface area (Å²) in [5.41, 5.74) is 2.02. The maximum atomic E-state index is 13.1. The molecule has 3 aromatic carbocycles. The number of hydrogen-bond donors (Lipinski definition) is 3. The summed E-state index contributed by atoms with van der Waals surface area (Å²) < 4.78 is 0.918. The van der Waals surface area contributed by atoms with Crippen LogP contribution in [-0.2, 0) is 14.4 Å². The molecule has 2 amide bonds. The van der Waals surface area contributed by atoms with Crippen LogP contribution in [0.1, 0.15) is 10.8 Å². The van der Waals surface area contributed by atoms with Crippen LogP contribution in [0, 0.1) is 0 Å². The fraction of sp³-hybridized carbons (Fsp3) is 0.0417. The highest BCUT2D eigenvalue weighted by Crippen LogP contribution is 2.37. The van der Waals surface area contributed by atoms with Gasteiger partial charge >= 0.3 is 5.97 Å². The van der Waals surface area contributed by atoms with E-state index in [-0.39, 0.29) is 5.91 Å². The van der Waals surface area contributed by atoms with E-state index in [9.17, 15) is 14.4 Å². The fourth-order valence-corrected chi connectivity index (χ4v) is 4.10. The van der Waals surface area contributed by atoms with E-state index in [0.717, 1.165) is 27.1 Å². The first-order valence-electron chi connectivity index (χ1n) is 9.51. The van der Waals surface area contributed by atoms with Crippen molar-refractivity contribution in [1.82, 2.24) is 0 Å². The number of aliphatic carboxylic acids is 1. The molecule has 3 N–H and O–H groups in total. The second kappa shape index (κ2) is 11.3. The molecule has 3 aromatic rings. The molecule has 8 heteroatoms. The summed E-state index contributed by atoms with van der Waals surface area (Å²) in [6.45, 7) is 0. The summed E-state index contributed by atoms with van der Waals surface area (Å²) in [4.78, 5) is 36.3. The van der Waals surface area contributed by atoms with Crippen LogP contribution in [0.4, 0.5) is 11.4 Å². The van der Waals surface area contributed by atoms with Crippen molar-refractivity contribution in [3.63, 3.8) is 0 Å². The maximum Gasteiger partial charge on any atom is 0.328 e. The Kier molecular flexibility index (Phi) is 8.24. The van der Waals surface area contributed by atoms with E-state index in [4.69, 9.17) is 5.11 Å². The lowest BCUT2D eigenvalue weighted by molar-refractivity contribution is -0.131. The minimum atomic E-state index is -1.20. The quantitative estimate of drug-likeness (QED) is 0.274. The average Bonchev–Trinajstić information content (AvgIpc) is 2.78. The Balaban J connectivity index is 1.79. The average molecular weight is 511 g/mol. The SMILES string of the molecule is O=C(O)/C=C/C(=O)Nc1cccc(SC(C(=O)Nc2ccc(Br)cc2)c2ccccc2)c1. The van der Waals surface area contributed by atoms with Gasteiger partial charge in [0.15, 0.2) is 0 Å². The highest BCUT2D eigenvalue weighted by Gasteiger charge is 2.22. The van der Waals surface area contributed by atoms with Gasteiger partial charge < -0.3 is 15.7 Å². The molecule has 0 aliphatic rings. The Morgan fingerprint density at radius 2 is 1.56 bits per heavy atom. The van der Waals surface area contributed by atoms with Crippen molar-refractivity contribution in [1.29, 1.82) is 0 Å². The van der Waals surface area contributed by atoms with Gasteiger partial charge in [0.1, 0.15) is 5.25 Å². The van der Waals surface area contributed by atoms with Crippen LogP contribution in [0.25, 0.3) is 0 Å². The number of hydrogen-bond acceptors (Lipinski definition) is 4. The van der Waals surface area contributed by atoms with Crippen LogP contribution in [0.3, 0.4) is 0 Å². The zero-order chi connectivity index (χ0) is 22.9. The summed E-state index contributed by atoms with van der Waals surface area (Å²) in [5.74, 6) is -1.93. The number of carboxylic acid groups (broad SMARTS) is 1. The topological polar surface area (TPSA) is 95.5 Å². The minimum absolute atomic E-state index is 0.178. The summed E-state index contributed by atoms with van der Waals surface area (Å²) in [5, 5.41) is 13.7. The molecule has 6 nitrogen and oxygen atoms in total. The molecule has 32 heavy (non-hydrogen) atoms. The molecular weight excluding hydrogens is 492 g/mol. The molecule has 0 saturated heterocycles. The van der Waals surface area contributed by atoms with E-state index in [1.54, 1.807) is 18.2 Å². The van der Waals surface area contributed by atoms with Crippen LogP contribution in [0.2, 0.25) is 0 Å². The number of thioether (sulfide) groups is 1. The molecule has 1 unspecified atom stereocenters. The van der Waals surface area contributed by atoms with Gasteiger partial charge in [-0.15, -0.1) is 11.8 Å². The number of anilines is 2. The monoisotopic (exact) mass is 510 g/mol. The van der Waals surface area contributed by atoms with E-state index >= 15 is 0 Å². The summed E-state index contributed by atoms with van der Waals surface area (Å²) in [7, 11) is 0. The maximum absolute atomic E-state index is 13.1. The number of amides is 2. The van der Waals surface area contributed by atoms with Gasteiger partial charge in [0.2, 0.25) is 11.8 Å². The predicted molar refractivity (Wildman–Crippen MR) is 130 cm³/mol. The molecule has 162 valence electrons. The second-order valence-electron chi connectivity index (χ2n) is 6.59. The molecule has 1 atom stereocenters. The molecule has 0 aliphatic heterocycles. The fourth-order valence-electron chi connectivity index (χ4n) is 2.76. The molecule has 0 bridgehead atoms. The summed E-state index contributed by atoms with van der Waals surface area (Å²) in [6.07, 6.45) is 1.71. The van der Waals surface area contributed by atoms with E-state index in [2.05, 4.69) is 26.6 Å². The van der Waals surface area contributed by atoms with Crippen molar-refractivity contribution in [2.45, 2.75) is 10.1 Å². The number of carbonyl (C=O) groups is 3. The van der Waals surface area contributed by atoms with Gasteiger partial charge in [-0.1, -0.05) is 52.3 Å². The number of benzene rings is 3. The Bertz CT molecular complexity index is 1130. The third kappa shape index (κ3) is 7.11. The summed E-state index contributed by atoms with van der Waals surface area (Å²) in [6, 6.07) is 23.8. The van der Waals surface area contributed by atoms with Crippen molar-refractivity contribution in [2.24, 2.45) is 0 Å². The van der Waals surface area contributed by atoms with Crippen molar-refractivity contribution in [3.05, 3.63) is 101 Å². The zero-order valence-corrected chi connectivity index (χ0v) is 19.1. The van der Waals surface area contributed by atoms with Crippen molar-refractivity contribution in [3.8, 4) is 0 Å². The molecule has 0 radical (unpaired) electrons. The number of halogens is 1. The van der Waals surface area contributed by atoms with Gasteiger partial charge in [-0.2, -0.15) is 0 Å². The lowest BCUT2D eigenvalue weighted by atomic mass is 10.1. The minimum Gasteiger partial charge on any atom is -0.478 e. The first-order chi connectivity index (χ1) is 15.4. The molecule has 0 saturated carbocycles. The van der Waals surface area contributed by atoms with Gasteiger partial charge in [-0.25, -0.2) is 4.79 Å². The predicted octanol–water partition coefficient (Wildman–Crippen LogP) is 5.50. The van der Waals surface area contributed by atoms with Crippen molar-refractivity contribution >= 4 is 56.9 Å². The standard InChI is InChI=1S/C24H19BrN2O4S/c25-17-9-11-18(12-10-17)27-24(31)23(16-5-2-1-3-6-16)32-20-8-4-7-19(15-20)26-21(28)13-14-22(29)30/h1-15,23H,(H,26,28)(H,27,31)(H,29,30)/b14-13+. The number of rotatable bonds is 8. The molecule has 0 heterocycles. The highest BCUT2D eigenvalue weighted by atomic mass is 79.9. The highest BCUT2D eigenvalue weighted by molar-refractivity contribution is 9.10. The number of nitrogens with one attached hydrogen (secondary N) is 2. The largest absolute Gasteiger partial charge is 0.478 e. The van der Waals surface area contributed by atoms with Crippen LogP contribution in [-0.4, -0.2) is 22.9 Å². The Morgan fingerprint density at radius 1 is 0.844 bits per heavy atom. The number of carbonyl (C=O) groups excluding carboxylic acids is 2. The third-order valence-electron chi connectivity index (χ3n) is 4.19. The lowest BCUT2D eigenvalue weighted by Gasteiger charge is -2.17. The Labute approximate surface area is 197 Å². The number of carboxylic acids is 1. The third-order valence-corrected chi connectivity index (χ3v) is 5.96. The van der Waals surface area contributed by atoms with Gasteiger partial charge in [0.05, 0.1) is 0 Å². The molecular formula is C24H19BrN2O4S. The molecule has 0 spiro atoms. The van der Waals surface area contributed by atoms with Gasteiger partial charge in [-0.05, 0) is 48.0 Å². The van der Waals surface area contributed by atoms with Gasteiger partial charge in [-0.3, -0.25) is 9.59 Å². The van der Waals surface area contributed by atoms with E-state index in [1.807, 2.05) is 60.7 Å². The zero-order valence-electron chi connectivity index (χ0n) is 16.7. The van der Waals surface area contributed by atoms with Gasteiger partial charge in [0.25, 0.3) is 0 Å². The first kappa shape index (κ1) is 23.3. The smallest absolute Gasteiger partial charge is 0.328 e. The lowest BCUT2D eigenvalue weighted by Crippen LogP contribution is -2.19. The van der Waals surface area contributed by atoms with Crippen LogP contribution >= 0.6 is 27.7 Å². The molecule has 0 aromatic heterocycles. The van der Waals surface area contributed by atoms with E-state index in [0.29, 0.717) is 11.4 Å². The van der Waals surface area contributed by atoms with Crippen LogP contribution in [0.5, 0.6) is 0 Å². The van der Waals surface area contributed by atoms with E-state index < -0.39 is 17.1 Å². The van der Waals surface area contributed by atoms with Crippen LogP contribution in [0.15, 0.2) is 100 Å². The normalized spacial score (nSPS) is 11.7. The summed E-state index contributed by atoms with van der Waals surface area (Å²) >= 11 is 4.73. The van der Waals surface area contributed by atoms with E-state index in [1.165, 1.54) is 11.8 Å².